The smallest absolute Gasteiger partial charge is 0.241 e. The lowest BCUT2D eigenvalue weighted by atomic mass is 10.1. The van der Waals surface area contributed by atoms with Crippen molar-refractivity contribution in [3.63, 3.8) is 0 Å². The Hall–Kier alpha value is -1.86. The summed E-state index contributed by atoms with van der Waals surface area (Å²) in [6, 6.07) is 2.92. The van der Waals surface area contributed by atoms with Crippen LogP contribution < -0.4 is 10.5 Å². The Balaban J connectivity index is 2.36. The van der Waals surface area contributed by atoms with Crippen molar-refractivity contribution in [2.45, 2.75) is 31.7 Å². The Kier molecular flexibility index (Phi) is 3.82. The fourth-order valence-electron chi connectivity index (χ4n) is 2.00. The predicted molar refractivity (Wildman–Crippen MR) is 77.7 cm³/mol. The fraction of sp³-hybridized carbons (Fsp3) is 0.308. The Labute approximate surface area is 118 Å². The number of hydrogen-bond donors (Lipinski definition) is 3. The summed E-state index contributed by atoms with van der Waals surface area (Å²) in [5.41, 5.74) is 7.66. The highest BCUT2D eigenvalue weighted by Crippen LogP contribution is 2.24. The van der Waals surface area contributed by atoms with Crippen molar-refractivity contribution < 1.29 is 8.42 Å². The predicted octanol–water partition coefficient (Wildman–Crippen LogP) is 1.65. The van der Waals surface area contributed by atoms with Crippen LogP contribution >= 0.6 is 0 Å². The van der Waals surface area contributed by atoms with Crippen LogP contribution in [0.25, 0.3) is 0 Å². The maximum atomic E-state index is 12.5. The first-order chi connectivity index (χ1) is 9.31. The molecule has 2 aromatic rings. The van der Waals surface area contributed by atoms with Crippen molar-refractivity contribution in [1.82, 2.24) is 14.7 Å². The summed E-state index contributed by atoms with van der Waals surface area (Å²) >= 11 is 0. The van der Waals surface area contributed by atoms with Gasteiger partial charge in [0, 0.05) is 18.1 Å². The van der Waals surface area contributed by atoms with Gasteiger partial charge < -0.3 is 10.7 Å². The zero-order valence-corrected chi connectivity index (χ0v) is 12.5. The van der Waals surface area contributed by atoms with Gasteiger partial charge in [0.2, 0.25) is 10.0 Å². The van der Waals surface area contributed by atoms with Gasteiger partial charge in [-0.15, -0.1) is 0 Å². The van der Waals surface area contributed by atoms with Crippen molar-refractivity contribution in [3.8, 4) is 0 Å². The number of rotatable bonds is 4. The van der Waals surface area contributed by atoms with E-state index in [1.807, 2.05) is 6.92 Å². The van der Waals surface area contributed by atoms with E-state index in [1.165, 1.54) is 0 Å². The highest BCUT2D eigenvalue weighted by molar-refractivity contribution is 7.89. The third-order valence-electron chi connectivity index (χ3n) is 3.10. The number of aromatic amines is 1. The van der Waals surface area contributed by atoms with Gasteiger partial charge in [0.1, 0.15) is 5.82 Å². The van der Waals surface area contributed by atoms with Gasteiger partial charge in [-0.05, 0) is 44.0 Å². The molecule has 20 heavy (non-hydrogen) atoms. The summed E-state index contributed by atoms with van der Waals surface area (Å²) in [4.78, 5) is 7.13. The number of nitrogens with zero attached hydrogens (tertiary/aromatic N) is 1. The molecule has 2 rings (SSSR count). The molecule has 0 bridgehead atoms. The number of sulfonamides is 1. The monoisotopic (exact) mass is 294 g/mol. The number of benzene rings is 1. The van der Waals surface area contributed by atoms with E-state index in [4.69, 9.17) is 5.73 Å². The van der Waals surface area contributed by atoms with E-state index in [9.17, 15) is 8.42 Å². The normalized spacial score (nSPS) is 13.3. The van der Waals surface area contributed by atoms with Crippen LogP contribution in [0.5, 0.6) is 0 Å². The molecular weight excluding hydrogens is 276 g/mol. The molecule has 108 valence electrons. The van der Waals surface area contributed by atoms with Gasteiger partial charge in [0.15, 0.2) is 0 Å². The molecule has 6 nitrogen and oxygen atoms in total. The molecule has 1 heterocycles. The largest absolute Gasteiger partial charge is 0.398 e. The van der Waals surface area contributed by atoms with Crippen molar-refractivity contribution in [1.29, 1.82) is 0 Å². The first kappa shape index (κ1) is 14.5. The van der Waals surface area contributed by atoms with Crippen LogP contribution in [0, 0.1) is 13.8 Å². The number of aryl methyl sites for hydroxylation is 1. The van der Waals surface area contributed by atoms with E-state index in [2.05, 4.69) is 14.7 Å². The molecule has 1 atom stereocenters. The van der Waals surface area contributed by atoms with Gasteiger partial charge >= 0.3 is 0 Å². The van der Waals surface area contributed by atoms with E-state index in [1.54, 1.807) is 38.4 Å². The standard InChI is InChI=1S/C13H18N4O2S/c1-8-6-11(14)9(2)12(7-8)20(18,19)17-10(3)13-15-4-5-16-13/h4-7,10,17H,14H2,1-3H3,(H,15,16). The molecule has 0 saturated carbocycles. The Bertz CT molecular complexity index is 708. The number of H-pyrrole nitrogens is 1. The Morgan fingerprint density at radius 2 is 2.05 bits per heavy atom. The van der Waals surface area contributed by atoms with Crippen LogP contribution in [-0.2, 0) is 10.0 Å². The number of anilines is 1. The number of imidazole rings is 1. The zero-order valence-electron chi connectivity index (χ0n) is 11.6. The molecule has 1 unspecified atom stereocenters. The molecule has 0 fully saturated rings. The van der Waals surface area contributed by atoms with Gasteiger partial charge in [0.05, 0.1) is 10.9 Å². The van der Waals surface area contributed by atoms with E-state index < -0.39 is 16.1 Å². The van der Waals surface area contributed by atoms with Crippen LogP contribution in [-0.4, -0.2) is 18.4 Å². The quantitative estimate of drug-likeness (QED) is 0.746. The number of aromatic nitrogens is 2. The van der Waals surface area contributed by atoms with Crippen molar-refractivity contribution in [3.05, 3.63) is 41.5 Å². The number of nitrogen functional groups attached to an aromatic ring is 1. The molecule has 1 aromatic heterocycles. The minimum atomic E-state index is -3.65. The zero-order chi connectivity index (χ0) is 14.9. The number of hydrogen-bond acceptors (Lipinski definition) is 4. The highest BCUT2D eigenvalue weighted by Gasteiger charge is 2.22. The van der Waals surface area contributed by atoms with Crippen LogP contribution in [0.2, 0.25) is 0 Å². The van der Waals surface area contributed by atoms with Crippen LogP contribution in [0.4, 0.5) is 5.69 Å². The summed E-state index contributed by atoms with van der Waals surface area (Å²) in [6.07, 6.45) is 3.23. The molecule has 0 aliphatic carbocycles. The maximum absolute atomic E-state index is 12.5. The molecule has 0 radical (unpaired) electrons. The summed E-state index contributed by atoms with van der Waals surface area (Å²) in [6.45, 7) is 5.23. The van der Waals surface area contributed by atoms with Crippen molar-refractivity contribution in [2.75, 3.05) is 5.73 Å². The second-order valence-corrected chi connectivity index (χ2v) is 6.48. The molecule has 0 aliphatic heterocycles. The molecule has 0 saturated heterocycles. The van der Waals surface area contributed by atoms with Crippen molar-refractivity contribution >= 4 is 15.7 Å². The third-order valence-corrected chi connectivity index (χ3v) is 4.76. The maximum Gasteiger partial charge on any atom is 0.241 e. The van der Waals surface area contributed by atoms with Crippen LogP contribution in [0.3, 0.4) is 0 Å². The first-order valence-corrected chi connectivity index (χ1v) is 7.68. The number of nitrogens with one attached hydrogen (secondary N) is 2. The summed E-state index contributed by atoms with van der Waals surface area (Å²) in [5, 5.41) is 0. The lowest BCUT2D eigenvalue weighted by molar-refractivity contribution is 0.560. The number of nitrogens with two attached hydrogens (primary N) is 1. The average molecular weight is 294 g/mol. The second kappa shape index (κ2) is 5.26. The average Bonchev–Trinajstić information content (AvgIpc) is 2.86. The lowest BCUT2D eigenvalue weighted by Crippen LogP contribution is -2.28. The summed E-state index contributed by atoms with van der Waals surface area (Å²) < 4.78 is 27.5. The van der Waals surface area contributed by atoms with Gasteiger partial charge in [-0.3, -0.25) is 0 Å². The first-order valence-electron chi connectivity index (χ1n) is 6.19. The molecule has 1 aromatic carbocycles. The highest BCUT2D eigenvalue weighted by atomic mass is 32.2. The van der Waals surface area contributed by atoms with Gasteiger partial charge in [-0.1, -0.05) is 0 Å². The molecule has 7 heteroatoms. The van der Waals surface area contributed by atoms with E-state index in [0.717, 1.165) is 5.56 Å². The fourth-order valence-corrected chi connectivity index (χ4v) is 3.56. The molecular formula is C13H18N4O2S. The van der Waals surface area contributed by atoms with Gasteiger partial charge in [-0.25, -0.2) is 18.1 Å². The molecule has 0 amide bonds. The molecule has 0 aliphatic rings. The van der Waals surface area contributed by atoms with Crippen LogP contribution in [0.15, 0.2) is 29.4 Å². The summed E-state index contributed by atoms with van der Waals surface area (Å²) in [7, 11) is -3.65. The minimum Gasteiger partial charge on any atom is -0.398 e. The molecule has 0 spiro atoms. The van der Waals surface area contributed by atoms with E-state index >= 15 is 0 Å². The van der Waals surface area contributed by atoms with Gasteiger partial charge in [0.25, 0.3) is 0 Å². The Morgan fingerprint density at radius 3 is 2.65 bits per heavy atom. The second-order valence-electron chi connectivity index (χ2n) is 4.79. The minimum absolute atomic E-state index is 0.202. The topological polar surface area (TPSA) is 101 Å². The SMILES string of the molecule is Cc1cc(N)c(C)c(S(=O)(=O)NC(C)c2ncc[nH]2)c1. The van der Waals surface area contributed by atoms with Crippen molar-refractivity contribution in [2.24, 2.45) is 0 Å². The lowest BCUT2D eigenvalue weighted by Gasteiger charge is -2.15. The van der Waals surface area contributed by atoms with Gasteiger partial charge in [-0.2, -0.15) is 0 Å². The van der Waals surface area contributed by atoms with E-state index in [-0.39, 0.29) is 4.90 Å². The third kappa shape index (κ3) is 2.83. The Morgan fingerprint density at radius 1 is 1.35 bits per heavy atom. The molecule has 4 N–H and O–H groups in total. The summed E-state index contributed by atoms with van der Waals surface area (Å²) in [5.74, 6) is 0.562. The van der Waals surface area contributed by atoms with Crippen LogP contribution in [0.1, 0.15) is 29.9 Å². The van der Waals surface area contributed by atoms with E-state index in [0.29, 0.717) is 17.1 Å².